The quantitative estimate of drug-likeness (QED) is 0.876. The molecule has 0 bridgehead atoms. The minimum Gasteiger partial charge on any atom is -0.481 e. The Kier molecular flexibility index (Phi) is 4.55. The van der Waals surface area contributed by atoms with E-state index in [1.807, 2.05) is 6.92 Å². The maximum atomic E-state index is 10.6. The summed E-state index contributed by atoms with van der Waals surface area (Å²) >= 11 is 0. The monoisotopic (exact) mass is 273 g/mol. The predicted molar refractivity (Wildman–Crippen MR) is 73.3 cm³/mol. The summed E-state index contributed by atoms with van der Waals surface area (Å²) in [5.74, 6) is 0.680. The number of carbonyl (C=O) groups is 1. The van der Waals surface area contributed by atoms with Crippen LogP contribution in [0.25, 0.3) is 0 Å². The van der Waals surface area contributed by atoms with E-state index in [-0.39, 0.29) is 6.42 Å². The Labute approximate surface area is 116 Å². The molecule has 0 spiro atoms. The van der Waals surface area contributed by atoms with Gasteiger partial charge in [0.25, 0.3) is 0 Å². The molecule has 2 aromatic rings. The van der Waals surface area contributed by atoms with E-state index in [2.05, 4.69) is 4.98 Å². The highest BCUT2D eigenvalue weighted by Gasteiger charge is 2.03. The van der Waals surface area contributed by atoms with Crippen LogP contribution in [0.1, 0.15) is 12.5 Å². The van der Waals surface area contributed by atoms with Crippen LogP contribution in [-0.4, -0.2) is 22.7 Å². The Bertz CT molecular complexity index is 581. The molecule has 1 heterocycles. The van der Waals surface area contributed by atoms with E-state index in [9.17, 15) is 4.79 Å². The number of aliphatic carboxylic acids is 1. The lowest BCUT2D eigenvalue weighted by molar-refractivity contribution is -0.136. The van der Waals surface area contributed by atoms with Gasteiger partial charge >= 0.3 is 5.97 Å². The number of benzene rings is 1. The summed E-state index contributed by atoms with van der Waals surface area (Å²) in [7, 11) is 0. The van der Waals surface area contributed by atoms with Crippen LogP contribution >= 0.6 is 0 Å². The van der Waals surface area contributed by atoms with Crippen molar-refractivity contribution in [3.8, 4) is 17.5 Å². The molecule has 0 aliphatic rings. The smallest absolute Gasteiger partial charge is 0.307 e. The molecule has 0 aliphatic carbocycles. The SMILES string of the molecule is CCOc1cccc(Oc2ccc(CC(=O)O)cc2)n1. The molecule has 20 heavy (non-hydrogen) atoms. The van der Waals surface area contributed by atoms with Crippen molar-refractivity contribution in [3.63, 3.8) is 0 Å². The first-order valence-electron chi connectivity index (χ1n) is 6.26. The molecule has 104 valence electrons. The number of aromatic nitrogens is 1. The van der Waals surface area contributed by atoms with Gasteiger partial charge in [0.1, 0.15) is 5.75 Å². The largest absolute Gasteiger partial charge is 0.481 e. The van der Waals surface area contributed by atoms with Gasteiger partial charge in [-0.05, 0) is 24.6 Å². The standard InChI is InChI=1S/C15H15NO4/c1-2-19-13-4-3-5-14(16-13)20-12-8-6-11(7-9-12)10-15(17)18/h3-9H,2,10H2,1H3,(H,17,18). The molecule has 5 heteroatoms. The second-order valence-corrected chi connectivity index (χ2v) is 4.06. The van der Waals surface area contributed by atoms with Gasteiger partial charge in [0.2, 0.25) is 11.8 Å². The number of rotatable bonds is 6. The number of ether oxygens (including phenoxy) is 2. The molecule has 0 atom stereocenters. The van der Waals surface area contributed by atoms with Gasteiger partial charge in [0, 0.05) is 12.1 Å². The highest BCUT2D eigenvalue weighted by Crippen LogP contribution is 2.22. The van der Waals surface area contributed by atoms with E-state index in [0.29, 0.717) is 24.1 Å². The fourth-order valence-electron chi connectivity index (χ4n) is 1.65. The second-order valence-electron chi connectivity index (χ2n) is 4.06. The van der Waals surface area contributed by atoms with Crippen LogP contribution in [0.4, 0.5) is 0 Å². The third-order valence-corrected chi connectivity index (χ3v) is 2.49. The zero-order valence-electron chi connectivity index (χ0n) is 11.1. The van der Waals surface area contributed by atoms with Gasteiger partial charge in [-0.3, -0.25) is 4.79 Å². The van der Waals surface area contributed by atoms with E-state index < -0.39 is 5.97 Å². The molecule has 0 saturated carbocycles. The maximum absolute atomic E-state index is 10.6. The normalized spacial score (nSPS) is 10.1. The Hall–Kier alpha value is -2.56. The van der Waals surface area contributed by atoms with Crippen molar-refractivity contribution in [2.24, 2.45) is 0 Å². The Balaban J connectivity index is 2.05. The molecular weight excluding hydrogens is 258 g/mol. The topological polar surface area (TPSA) is 68.7 Å². The average molecular weight is 273 g/mol. The summed E-state index contributed by atoms with van der Waals surface area (Å²) in [5.41, 5.74) is 0.723. The molecule has 0 amide bonds. The first-order chi connectivity index (χ1) is 9.67. The highest BCUT2D eigenvalue weighted by molar-refractivity contribution is 5.70. The van der Waals surface area contributed by atoms with Gasteiger partial charge in [-0.15, -0.1) is 0 Å². The van der Waals surface area contributed by atoms with E-state index in [0.717, 1.165) is 5.56 Å². The van der Waals surface area contributed by atoms with Crippen molar-refractivity contribution < 1.29 is 19.4 Å². The summed E-state index contributed by atoms with van der Waals surface area (Å²) < 4.78 is 10.9. The molecule has 0 fully saturated rings. The third-order valence-electron chi connectivity index (χ3n) is 2.49. The van der Waals surface area contributed by atoms with Crippen LogP contribution < -0.4 is 9.47 Å². The zero-order chi connectivity index (χ0) is 14.4. The second kappa shape index (κ2) is 6.56. The number of nitrogens with zero attached hydrogens (tertiary/aromatic N) is 1. The Morgan fingerprint density at radius 1 is 1.15 bits per heavy atom. The number of hydrogen-bond donors (Lipinski definition) is 1. The van der Waals surface area contributed by atoms with Crippen LogP contribution in [0.5, 0.6) is 17.5 Å². The van der Waals surface area contributed by atoms with E-state index in [1.54, 1.807) is 42.5 Å². The highest BCUT2D eigenvalue weighted by atomic mass is 16.5. The fourth-order valence-corrected chi connectivity index (χ4v) is 1.65. The molecule has 1 aromatic carbocycles. The van der Waals surface area contributed by atoms with Crippen LogP contribution in [0, 0.1) is 0 Å². The number of hydrogen-bond acceptors (Lipinski definition) is 4. The van der Waals surface area contributed by atoms with Gasteiger partial charge in [-0.2, -0.15) is 4.98 Å². The fraction of sp³-hybridized carbons (Fsp3) is 0.200. The van der Waals surface area contributed by atoms with Crippen molar-refractivity contribution >= 4 is 5.97 Å². The lowest BCUT2D eigenvalue weighted by atomic mass is 10.1. The predicted octanol–water partition coefficient (Wildman–Crippen LogP) is 2.90. The summed E-state index contributed by atoms with van der Waals surface area (Å²) in [6, 6.07) is 12.2. The maximum Gasteiger partial charge on any atom is 0.307 e. The van der Waals surface area contributed by atoms with Crippen molar-refractivity contribution in [3.05, 3.63) is 48.0 Å². The van der Waals surface area contributed by atoms with E-state index in [1.165, 1.54) is 0 Å². The van der Waals surface area contributed by atoms with Gasteiger partial charge in [-0.25, -0.2) is 0 Å². The average Bonchev–Trinajstić information content (AvgIpc) is 2.41. The van der Waals surface area contributed by atoms with Gasteiger partial charge in [-0.1, -0.05) is 18.2 Å². The number of carboxylic acids is 1. The lowest BCUT2D eigenvalue weighted by Gasteiger charge is -2.07. The van der Waals surface area contributed by atoms with Gasteiger partial charge < -0.3 is 14.6 Å². The molecule has 5 nitrogen and oxygen atoms in total. The molecule has 0 unspecified atom stereocenters. The van der Waals surface area contributed by atoms with Crippen molar-refractivity contribution in [1.29, 1.82) is 0 Å². The summed E-state index contributed by atoms with van der Waals surface area (Å²) in [6.45, 7) is 2.43. The summed E-state index contributed by atoms with van der Waals surface area (Å²) in [4.78, 5) is 14.8. The van der Waals surface area contributed by atoms with Crippen molar-refractivity contribution in [2.75, 3.05) is 6.61 Å². The van der Waals surface area contributed by atoms with Gasteiger partial charge in [0.15, 0.2) is 0 Å². The first-order valence-corrected chi connectivity index (χ1v) is 6.26. The molecule has 1 aromatic heterocycles. The zero-order valence-corrected chi connectivity index (χ0v) is 11.1. The van der Waals surface area contributed by atoms with Gasteiger partial charge in [0.05, 0.1) is 13.0 Å². The van der Waals surface area contributed by atoms with Crippen molar-refractivity contribution in [1.82, 2.24) is 4.98 Å². The van der Waals surface area contributed by atoms with Crippen LogP contribution in [-0.2, 0) is 11.2 Å². The summed E-state index contributed by atoms with van der Waals surface area (Å²) in [6.07, 6.45) is -0.00163. The molecule has 0 radical (unpaired) electrons. The van der Waals surface area contributed by atoms with Crippen LogP contribution in [0.3, 0.4) is 0 Å². The molecule has 0 saturated heterocycles. The number of carboxylic acid groups (broad SMARTS) is 1. The van der Waals surface area contributed by atoms with Crippen molar-refractivity contribution in [2.45, 2.75) is 13.3 Å². The molecule has 0 aliphatic heterocycles. The Morgan fingerprint density at radius 2 is 1.85 bits per heavy atom. The Morgan fingerprint density at radius 3 is 2.50 bits per heavy atom. The number of pyridine rings is 1. The van der Waals surface area contributed by atoms with Crippen LogP contribution in [0.15, 0.2) is 42.5 Å². The molecular formula is C15H15NO4. The first kappa shape index (κ1) is 13.9. The van der Waals surface area contributed by atoms with E-state index in [4.69, 9.17) is 14.6 Å². The molecule has 1 N–H and O–H groups in total. The minimum absolute atomic E-state index is 0.00163. The summed E-state index contributed by atoms with van der Waals surface area (Å²) in [5, 5.41) is 8.70. The molecule has 2 rings (SSSR count). The third kappa shape index (κ3) is 3.98. The van der Waals surface area contributed by atoms with Crippen LogP contribution in [0.2, 0.25) is 0 Å². The minimum atomic E-state index is -0.857. The van der Waals surface area contributed by atoms with E-state index >= 15 is 0 Å². The lowest BCUT2D eigenvalue weighted by Crippen LogP contribution is -1.99.